The van der Waals surface area contributed by atoms with E-state index < -0.39 is 9.84 Å². The molecule has 0 aromatic heterocycles. The maximum atomic E-state index is 12.2. The first-order valence-corrected chi connectivity index (χ1v) is 9.24. The van der Waals surface area contributed by atoms with Crippen LogP contribution in [0.15, 0.2) is 29.2 Å². The molecule has 1 aromatic carbocycles. The summed E-state index contributed by atoms with van der Waals surface area (Å²) in [5.41, 5.74) is 0.473. The smallest absolute Gasteiger partial charge is 0.179 e. The second-order valence-corrected chi connectivity index (χ2v) is 8.15. The standard InChI is InChI=1S/C14H17NO3S2/c15-11-12-1-3-14(4-2-12)20(16,17)10-9-19-13-5-7-18-8-6-13/h1-4,13H,5-10H2. The molecule has 1 fully saturated rings. The minimum absolute atomic E-state index is 0.140. The van der Waals surface area contributed by atoms with Gasteiger partial charge in [0, 0.05) is 24.2 Å². The van der Waals surface area contributed by atoms with E-state index in [1.165, 1.54) is 12.1 Å². The van der Waals surface area contributed by atoms with Crippen molar-refractivity contribution >= 4 is 21.6 Å². The third-order valence-electron chi connectivity index (χ3n) is 3.22. The molecule has 0 spiro atoms. The number of sulfone groups is 1. The second kappa shape index (κ2) is 7.11. The molecular weight excluding hydrogens is 294 g/mol. The number of nitrogens with zero attached hydrogens (tertiary/aromatic N) is 1. The summed E-state index contributed by atoms with van der Waals surface area (Å²) in [7, 11) is -3.25. The molecule has 0 N–H and O–H groups in total. The summed E-state index contributed by atoms with van der Waals surface area (Å²) in [6.45, 7) is 1.56. The van der Waals surface area contributed by atoms with Crippen molar-refractivity contribution in [2.45, 2.75) is 23.0 Å². The molecule has 0 radical (unpaired) electrons. The molecule has 1 aromatic rings. The van der Waals surface area contributed by atoms with Crippen LogP contribution in [0.2, 0.25) is 0 Å². The Morgan fingerprint density at radius 3 is 2.50 bits per heavy atom. The Morgan fingerprint density at radius 1 is 1.25 bits per heavy atom. The van der Waals surface area contributed by atoms with E-state index in [2.05, 4.69) is 0 Å². The van der Waals surface area contributed by atoms with Crippen molar-refractivity contribution in [1.29, 1.82) is 5.26 Å². The molecule has 2 rings (SSSR count). The van der Waals surface area contributed by atoms with Gasteiger partial charge in [-0.1, -0.05) is 0 Å². The highest BCUT2D eigenvalue weighted by Gasteiger charge is 2.18. The minimum atomic E-state index is -3.25. The molecule has 0 saturated carbocycles. The molecule has 0 amide bonds. The summed E-state index contributed by atoms with van der Waals surface area (Å²) in [4.78, 5) is 0.295. The van der Waals surface area contributed by atoms with Gasteiger partial charge < -0.3 is 4.74 Å². The van der Waals surface area contributed by atoms with Gasteiger partial charge in [-0.05, 0) is 37.1 Å². The first kappa shape index (κ1) is 15.4. The van der Waals surface area contributed by atoms with Crippen LogP contribution in [0.4, 0.5) is 0 Å². The predicted molar refractivity (Wildman–Crippen MR) is 79.5 cm³/mol. The first-order valence-electron chi connectivity index (χ1n) is 6.54. The fourth-order valence-electron chi connectivity index (χ4n) is 2.02. The molecule has 0 bridgehead atoms. The highest BCUT2D eigenvalue weighted by atomic mass is 32.2. The quantitative estimate of drug-likeness (QED) is 0.834. The van der Waals surface area contributed by atoms with Gasteiger partial charge in [0.1, 0.15) is 0 Å². The van der Waals surface area contributed by atoms with E-state index in [1.54, 1.807) is 23.9 Å². The van der Waals surface area contributed by atoms with E-state index in [0.717, 1.165) is 26.1 Å². The second-order valence-electron chi connectivity index (χ2n) is 4.64. The molecule has 0 unspecified atom stereocenters. The zero-order chi connectivity index (χ0) is 14.4. The number of ether oxygens (including phenoxy) is 1. The van der Waals surface area contributed by atoms with Crippen LogP contribution in [0.5, 0.6) is 0 Å². The molecule has 1 saturated heterocycles. The fourth-order valence-corrected chi connectivity index (χ4v) is 4.93. The van der Waals surface area contributed by atoms with Crippen LogP contribution in [-0.2, 0) is 14.6 Å². The molecule has 108 valence electrons. The van der Waals surface area contributed by atoms with Crippen LogP contribution in [-0.4, -0.2) is 38.4 Å². The molecule has 1 aliphatic rings. The molecular formula is C14H17NO3S2. The summed E-state index contributed by atoms with van der Waals surface area (Å²) < 4.78 is 29.6. The number of hydrogen-bond acceptors (Lipinski definition) is 5. The van der Waals surface area contributed by atoms with Crippen molar-refractivity contribution in [3.63, 3.8) is 0 Å². The van der Waals surface area contributed by atoms with Crippen molar-refractivity contribution in [2.75, 3.05) is 24.7 Å². The maximum absolute atomic E-state index is 12.2. The lowest BCUT2D eigenvalue weighted by Crippen LogP contribution is -2.19. The summed E-state index contributed by atoms with van der Waals surface area (Å²) in [5, 5.41) is 9.22. The minimum Gasteiger partial charge on any atom is -0.381 e. The van der Waals surface area contributed by atoms with Crippen molar-refractivity contribution in [3.8, 4) is 6.07 Å². The Hall–Kier alpha value is -1.03. The van der Waals surface area contributed by atoms with Gasteiger partial charge in [0.05, 0.1) is 22.3 Å². The molecule has 20 heavy (non-hydrogen) atoms. The van der Waals surface area contributed by atoms with Crippen LogP contribution in [0.1, 0.15) is 18.4 Å². The molecule has 0 atom stereocenters. The largest absolute Gasteiger partial charge is 0.381 e. The van der Waals surface area contributed by atoms with Gasteiger partial charge in [-0.3, -0.25) is 0 Å². The SMILES string of the molecule is N#Cc1ccc(S(=O)(=O)CCSC2CCOCC2)cc1. The average molecular weight is 311 g/mol. The monoisotopic (exact) mass is 311 g/mol. The number of hydrogen-bond donors (Lipinski definition) is 0. The Balaban J connectivity index is 1.88. The molecule has 1 aliphatic heterocycles. The number of thioether (sulfide) groups is 1. The van der Waals surface area contributed by atoms with Crippen LogP contribution >= 0.6 is 11.8 Å². The lowest BCUT2D eigenvalue weighted by atomic mass is 10.2. The molecule has 4 nitrogen and oxygen atoms in total. The summed E-state index contributed by atoms with van der Waals surface area (Å²) in [6.07, 6.45) is 2.00. The van der Waals surface area contributed by atoms with Crippen LogP contribution < -0.4 is 0 Å². The molecule has 0 aliphatic carbocycles. The van der Waals surface area contributed by atoms with Gasteiger partial charge >= 0.3 is 0 Å². The van der Waals surface area contributed by atoms with E-state index in [1.807, 2.05) is 6.07 Å². The number of nitriles is 1. The highest BCUT2D eigenvalue weighted by molar-refractivity contribution is 8.01. The van der Waals surface area contributed by atoms with Gasteiger partial charge in [-0.25, -0.2) is 8.42 Å². The van der Waals surface area contributed by atoms with E-state index in [-0.39, 0.29) is 5.75 Å². The zero-order valence-corrected chi connectivity index (χ0v) is 12.8. The predicted octanol–water partition coefficient (Wildman–Crippen LogP) is 2.24. The van der Waals surface area contributed by atoms with Crippen molar-refractivity contribution in [2.24, 2.45) is 0 Å². The Morgan fingerprint density at radius 2 is 1.90 bits per heavy atom. The van der Waals surface area contributed by atoms with E-state index in [0.29, 0.717) is 21.5 Å². The lowest BCUT2D eigenvalue weighted by Gasteiger charge is -2.21. The molecule has 6 heteroatoms. The summed E-state index contributed by atoms with van der Waals surface area (Å²) >= 11 is 1.72. The third-order valence-corrected chi connectivity index (χ3v) is 6.59. The topological polar surface area (TPSA) is 67.2 Å². The normalized spacial score (nSPS) is 16.8. The third kappa shape index (κ3) is 4.23. The zero-order valence-electron chi connectivity index (χ0n) is 11.1. The van der Waals surface area contributed by atoms with Gasteiger partial charge in [-0.15, -0.1) is 0 Å². The van der Waals surface area contributed by atoms with Gasteiger partial charge in [0.15, 0.2) is 9.84 Å². The van der Waals surface area contributed by atoms with Crippen molar-refractivity contribution < 1.29 is 13.2 Å². The van der Waals surface area contributed by atoms with Crippen LogP contribution in [0, 0.1) is 11.3 Å². The van der Waals surface area contributed by atoms with E-state index in [4.69, 9.17) is 10.00 Å². The van der Waals surface area contributed by atoms with Crippen LogP contribution in [0.3, 0.4) is 0 Å². The van der Waals surface area contributed by atoms with E-state index >= 15 is 0 Å². The Bertz CT molecular complexity index is 569. The number of benzene rings is 1. The molecule has 1 heterocycles. The number of rotatable bonds is 5. The maximum Gasteiger partial charge on any atom is 0.179 e. The van der Waals surface area contributed by atoms with E-state index in [9.17, 15) is 8.42 Å². The summed E-state index contributed by atoms with van der Waals surface area (Å²) in [6, 6.07) is 8.08. The lowest BCUT2D eigenvalue weighted by molar-refractivity contribution is 0.100. The van der Waals surface area contributed by atoms with Gasteiger partial charge in [0.2, 0.25) is 0 Å². The van der Waals surface area contributed by atoms with Gasteiger partial charge in [-0.2, -0.15) is 17.0 Å². The van der Waals surface area contributed by atoms with Crippen molar-refractivity contribution in [3.05, 3.63) is 29.8 Å². The first-order chi connectivity index (χ1) is 9.62. The van der Waals surface area contributed by atoms with Crippen molar-refractivity contribution in [1.82, 2.24) is 0 Å². The highest BCUT2D eigenvalue weighted by Crippen LogP contribution is 2.23. The van der Waals surface area contributed by atoms with Crippen LogP contribution in [0.25, 0.3) is 0 Å². The fraction of sp³-hybridized carbons (Fsp3) is 0.500. The van der Waals surface area contributed by atoms with Gasteiger partial charge in [0.25, 0.3) is 0 Å². The Kier molecular flexibility index (Phi) is 5.46. The Labute approximate surface area is 124 Å². The summed E-state index contributed by atoms with van der Waals surface area (Å²) in [5.74, 6) is 0.744. The average Bonchev–Trinajstić information content (AvgIpc) is 2.48.